The number of ether oxygens (including phenoxy) is 3. The lowest BCUT2D eigenvalue weighted by molar-refractivity contribution is -0.122. The van der Waals surface area contributed by atoms with Crippen molar-refractivity contribution in [3.63, 3.8) is 0 Å². The van der Waals surface area contributed by atoms with Gasteiger partial charge in [-0.05, 0) is 55.8 Å². The average molecular weight is 392 g/mol. The van der Waals surface area contributed by atoms with E-state index in [1.165, 1.54) is 6.07 Å². The topological polar surface area (TPSA) is 73.9 Å². The second-order valence-electron chi connectivity index (χ2n) is 5.59. The minimum Gasteiger partial charge on any atom is -0.497 e. The summed E-state index contributed by atoms with van der Waals surface area (Å²) in [6.45, 7) is 3.84. The molecular weight excluding hydrogens is 370 g/mol. The summed E-state index contributed by atoms with van der Waals surface area (Å²) < 4.78 is 15.8. The van der Waals surface area contributed by atoms with E-state index in [-0.39, 0.29) is 17.5 Å². The molecule has 0 radical (unpaired) electrons. The van der Waals surface area contributed by atoms with Gasteiger partial charge in [0.15, 0.2) is 6.10 Å². The molecule has 2 aromatic carbocycles. The molecule has 0 heterocycles. The van der Waals surface area contributed by atoms with Crippen molar-refractivity contribution in [1.82, 2.24) is 0 Å². The van der Waals surface area contributed by atoms with Gasteiger partial charge in [0, 0.05) is 0 Å². The number of nitrogens with one attached hydrogen (secondary N) is 1. The van der Waals surface area contributed by atoms with Crippen LogP contribution in [0.4, 0.5) is 5.69 Å². The second-order valence-corrected chi connectivity index (χ2v) is 6.00. The predicted molar refractivity (Wildman–Crippen MR) is 104 cm³/mol. The van der Waals surface area contributed by atoms with Crippen molar-refractivity contribution in [1.29, 1.82) is 0 Å². The molecule has 1 atom stereocenters. The van der Waals surface area contributed by atoms with Gasteiger partial charge in [0.05, 0.1) is 30.0 Å². The molecule has 7 heteroatoms. The zero-order valence-electron chi connectivity index (χ0n) is 15.5. The van der Waals surface area contributed by atoms with Crippen molar-refractivity contribution < 1.29 is 23.8 Å². The van der Waals surface area contributed by atoms with E-state index >= 15 is 0 Å². The maximum atomic E-state index is 12.5. The Morgan fingerprint density at radius 1 is 1.07 bits per heavy atom. The highest BCUT2D eigenvalue weighted by Crippen LogP contribution is 2.25. The molecule has 0 bridgehead atoms. The Hall–Kier alpha value is -2.73. The van der Waals surface area contributed by atoms with Crippen molar-refractivity contribution >= 4 is 29.2 Å². The molecule has 1 N–H and O–H groups in total. The highest BCUT2D eigenvalue weighted by molar-refractivity contribution is 6.34. The van der Waals surface area contributed by atoms with Crippen molar-refractivity contribution in [2.24, 2.45) is 0 Å². The van der Waals surface area contributed by atoms with Gasteiger partial charge in [-0.15, -0.1) is 0 Å². The van der Waals surface area contributed by atoms with Gasteiger partial charge in [0.25, 0.3) is 5.91 Å². The van der Waals surface area contributed by atoms with E-state index in [1.54, 1.807) is 50.4 Å². The molecule has 0 aliphatic carbocycles. The maximum absolute atomic E-state index is 12.5. The van der Waals surface area contributed by atoms with Gasteiger partial charge in [-0.25, -0.2) is 4.79 Å². The van der Waals surface area contributed by atoms with Crippen LogP contribution in [-0.4, -0.2) is 31.7 Å². The van der Waals surface area contributed by atoms with E-state index < -0.39 is 12.1 Å². The summed E-state index contributed by atoms with van der Waals surface area (Å²) in [7, 11) is 1.58. The Labute approximate surface area is 163 Å². The summed E-state index contributed by atoms with van der Waals surface area (Å²) in [4.78, 5) is 24.3. The van der Waals surface area contributed by atoms with Crippen LogP contribution in [0.1, 0.15) is 30.6 Å². The lowest BCUT2D eigenvalue weighted by Gasteiger charge is -2.18. The summed E-state index contributed by atoms with van der Waals surface area (Å²) in [5.74, 6) is 0.459. The number of rotatable bonds is 8. The second kappa shape index (κ2) is 9.83. The molecule has 0 aliphatic heterocycles. The van der Waals surface area contributed by atoms with E-state index in [1.807, 2.05) is 6.92 Å². The van der Waals surface area contributed by atoms with Crippen LogP contribution in [0.15, 0.2) is 42.5 Å². The number of esters is 1. The van der Waals surface area contributed by atoms with E-state index in [4.69, 9.17) is 25.8 Å². The van der Waals surface area contributed by atoms with Crippen LogP contribution in [0, 0.1) is 0 Å². The first kappa shape index (κ1) is 20.6. The molecule has 2 rings (SSSR count). The molecule has 27 heavy (non-hydrogen) atoms. The Kier molecular flexibility index (Phi) is 7.49. The zero-order chi connectivity index (χ0) is 19.8. The number of benzene rings is 2. The van der Waals surface area contributed by atoms with Gasteiger partial charge in [0.1, 0.15) is 11.5 Å². The molecule has 0 saturated heterocycles. The Morgan fingerprint density at radius 2 is 1.74 bits per heavy atom. The zero-order valence-corrected chi connectivity index (χ0v) is 16.2. The Balaban J connectivity index is 2.06. The van der Waals surface area contributed by atoms with Gasteiger partial charge in [-0.2, -0.15) is 0 Å². The first-order valence-electron chi connectivity index (χ1n) is 8.56. The fourth-order valence-corrected chi connectivity index (χ4v) is 2.54. The molecule has 0 spiro atoms. The number of carbonyl (C=O) groups is 2. The average Bonchev–Trinajstić information content (AvgIpc) is 2.68. The maximum Gasteiger partial charge on any atom is 0.338 e. The van der Waals surface area contributed by atoms with Crippen molar-refractivity contribution in [3.05, 3.63) is 53.1 Å². The smallest absolute Gasteiger partial charge is 0.338 e. The lowest BCUT2D eigenvalue weighted by Crippen LogP contribution is -2.32. The number of hydrogen-bond acceptors (Lipinski definition) is 5. The molecule has 0 unspecified atom stereocenters. The molecule has 6 nitrogen and oxygen atoms in total. The Bertz CT molecular complexity index is 791. The van der Waals surface area contributed by atoms with E-state index in [2.05, 4.69) is 5.32 Å². The number of amides is 1. The largest absolute Gasteiger partial charge is 0.497 e. The summed E-state index contributed by atoms with van der Waals surface area (Å²) >= 11 is 6.18. The van der Waals surface area contributed by atoms with Crippen LogP contribution >= 0.6 is 11.6 Å². The number of carbonyl (C=O) groups excluding carboxylic acids is 2. The molecule has 0 fully saturated rings. The van der Waals surface area contributed by atoms with Gasteiger partial charge < -0.3 is 19.5 Å². The van der Waals surface area contributed by atoms with Crippen LogP contribution in [0.3, 0.4) is 0 Å². The van der Waals surface area contributed by atoms with Crippen LogP contribution < -0.4 is 14.8 Å². The summed E-state index contributed by atoms with van der Waals surface area (Å²) in [6.07, 6.45) is -0.227. The van der Waals surface area contributed by atoms with Gasteiger partial charge in [-0.1, -0.05) is 18.5 Å². The molecule has 144 valence electrons. The minimum absolute atomic E-state index is 0.244. The monoisotopic (exact) mass is 391 g/mol. The molecule has 1 amide bonds. The first-order valence-corrected chi connectivity index (χ1v) is 8.94. The number of methoxy groups -OCH3 is 1. The van der Waals surface area contributed by atoms with E-state index in [9.17, 15) is 9.59 Å². The van der Waals surface area contributed by atoms with Gasteiger partial charge in [-0.3, -0.25) is 4.79 Å². The fraction of sp³-hybridized carbons (Fsp3) is 0.300. The summed E-state index contributed by atoms with van der Waals surface area (Å²) in [5.41, 5.74) is 0.716. The SMILES string of the molecule is CCOC(=O)c1ccc(NC(=O)[C@@H](CC)Oc2ccc(OC)cc2)c(Cl)c1. The summed E-state index contributed by atoms with van der Waals surface area (Å²) in [6, 6.07) is 11.5. The third-order valence-electron chi connectivity index (χ3n) is 3.74. The summed E-state index contributed by atoms with van der Waals surface area (Å²) in [5, 5.41) is 2.97. The van der Waals surface area contributed by atoms with Crippen molar-refractivity contribution in [2.75, 3.05) is 19.0 Å². The van der Waals surface area contributed by atoms with Crippen molar-refractivity contribution in [2.45, 2.75) is 26.4 Å². The fourth-order valence-electron chi connectivity index (χ4n) is 2.31. The third-order valence-corrected chi connectivity index (χ3v) is 4.05. The standard InChI is InChI=1S/C20H22ClNO5/c1-4-18(27-15-9-7-14(25-3)8-10-15)19(23)22-17-11-6-13(12-16(17)21)20(24)26-5-2/h6-12,18H,4-5H2,1-3H3,(H,22,23)/t18-/m1/s1. The van der Waals surface area contributed by atoms with Crippen LogP contribution in [0.2, 0.25) is 5.02 Å². The van der Waals surface area contributed by atoms with Crippen LogP contribution in [0.25, 0.3) is 0 Å². The van der Waals surface area contributed by atoms with Crippen LogP contribution in [0.5, 0.6) is 11.5 Å². The Morgan fingerprint density at radius 3 is 2.30 bits per heavy atom. The lowest BCUT2D eigenvalue weighted by atomic mass is 10.2. The minimum atomic E-state index is -0.695. The van der Waals surface area contributed by atoms with Crippen LogP contribution in [-0.2, 0) is 9.53 Å². The molecule has 0 saturated carbocycles. The highest BCUT2D eigenvalue weighted by atomic mass is 35.5. The molecule has 0 aliphatic rings. The molecule has 2 aromatic rings. The number of halogens is 1. The number of hydrogen-bond donors (Lipinski definition) is 1. The quantitative estimate of drug-likeness (QED) is 0.678. The first-order chi connectivity index (χ1) is 13.0. The number of anilines is 1. The molecule has 0 aromatic heterocycles. The predicted octanol–water partition coefficient (Wildman–Crippen LogP) is 4.32. The van der Waals surface area contributed by atoms with Crippen molar-refractivity contribution in [3.8, 4) is 11.5 Å². The molecular formula is C20H22ClNO5. The van der Waals surface area contributed by atoms with Gasteiger partial charge in [0.2, 0.25) is 0 Å². The highest BCUT2D eigenvalue weighted by Gasteiger charge is 2.20. The normalized spacial score (nSPS) is 11.4. The van der Waals surface area contributed by atoms with E-state index in [0.717, 1.165) is 0 Å². The third kappa shape index (κ3) is 5.62. The van der Waals surface area contributed by atoms with Gasteiger partial charge >= 0.3 is 5.97 Å². The van der Waals surface area contributed by atoms with E-state index in [0.29, 0.717) is 29.2 Å².